The summed E-state index contributed by atoms with van der Waals surface area (Å²) in [7, 11) is 1.70. The molecule has 0 aromatic heterocycles. The van der Waals surface area contributed by atoms with Crippen molar-refractivity contribution in [1.29, 1.82) is 0 Å². The van der Waals surface area contributed by atoms with Crippen LogP contribution in [0.2, 0.25) is 0 Å². The number of ether oxygens (including phenoxy) is 1. The highest BCUT2D eigenvalue weighted by Gasteiger charge is 2.44. The molecule has 0 saturated carbocycles. The number of fused-ring (bicyclic) bond motifs is 3. The number of nitro benzene ring substituents is 1. The summed E-state index contributed by atoms with van der Waals surface area (Å²) in [5.74, 6) is 0.857. The lowest BCUT2D eigenvalue weighted by Gasteiger charge is -2.34. The Morgan fingerprint density at radius 3 is 1.83 bits per heavy atom. The van der Waals surface area contributed by atoms with Crippen LogP contribution >= 0.6 is 0 Å². The highest BCUT2D eigenvalue weighted by molar-refractivity contribution is 5.93. The standard InChI is InChI=1S/C42H47NO3/c1-4-6-8-12-30-42(31-13-9-7-5-2)39-15-11-10-14-38(39)40-34(22-16-32-18-26-36(27-19-32)43(44)45)24-25-35(41(40)42)23-17-33-20-28-37(46-3)29-21-33/h10-11,14-29H,4-9,12-13,30-31H2,1-3H3/b22-16+,23-17+. The molecule has 0 heterocycles. The highest BCUT2D eigenvalue weighted by atomic mass is 16.6. The Labute approximate surface area is 275 Å². The van der Waals surface area contributed by atoms with E-state index in [4.69, 9.17) is 4.74 Å². The maximum Gasteiger partial charge on any atom is 0.269 e. The molecule has 0 unspecified atom stereocenters. The van der Waals surface area contributed by atoms with Crippen molar-refractivity contribution in [3.05, 3.63) is 128 Å². The quantitative estimate of drug-likeness (QED) is 0.0547. The summed E-state index contributed by atoms with van der Waals surface area (Å²) in [4.78, 5) is 10.8. The van der Waals surface area contributed by atoms with Crippen molar-refractivity contribution in [2.45, 2.75) is 83.5 Å². The molecule has 5 rings (SSSR count). The van der Waals surface area contributed by atoms with E-state index < -0.39 is 0 Å². The van der Waals surface area contributed by atoms with Gasteiger partial charge in [-0.2, -0.15) is 0 Å². The van der Waals surface area contributed by atoms with Gasteiger partial charge in [0.15, 0.2) is 0 Å². The Balaban J connectivity index is 1.66. The minimum atomic E-state index is -0.351. The molecule has 4 aromatic rings. The molecule has 0 fully saturated rings. The van der Waals surface area contributed by atoms with Crippen LogP contribution < -0.4 is 4.74 Å². The number of rotatable bonds is 16. The van der Waals surface area contributed by atoms with Gasteiger partial charge in [0.05, 0.1) is 12.0 Å². The van der Waals surface area contributed by atoms with Gasteiger partial charge in [0.2, 0.25) is 0 Å². The average molecular weight is 614 g/mol. The zero-order chi connectivity index (χ0) is 32.4. The van der Waals surface area contributed by atoms with E-state index in [2.05, 4.69) is 86.7 Å². The van der Waals surface area contributed by atoms with Gasteiger partial charge in [-0.25, -0.2) is 0 Å². The number of hydrogen-bond acceptors (Lipinski definition) is 3. The van der Waals surface area contributed by atoms with Gasteiger partial charge in [-0.1, -0.05) is 138 Å². The number of nitro groups is 1. The van der Waals surface area contributed by atoms with Crippen LogP contribution in [0.4, 0.5) is 5.69 Å². The molecule has 46 heavy (non-hydrogen) atoms. The topological polar surface area (TPSA) is 52.4 Å². The third-order valence-corrected chi connectivity index (χ3v) is 9.50. The van der Waals surface area contributed by atoms with E-state index in [0.717, 1.165) is 29.7 Å². The van der Waals surface area contributed by atoms with E-state index in [1.54, 1.807) is 19.2 Å². The van der Waals surface area contributed by atoms with Crippen molar-refractivity contribution in [1.82, 2.24) is 0 Å². The molecule has 0 atom stereocenters. The number of non-ortho nitro benzene ring substituents is 1. The number of nitrogens with zero attached hydrogens (tertiary/aromatic N) is 1. The Kier molecular flexibility index (Phi) is 11.3. The predicted molar refractivity (Wildman–Crippen MR) is 194 cm³/mol. The first-order chi connectivity index (χ1) is 22.5. The summed E-state index contributed by atoms with van der Waals surface area (Å²) >= 11 is 0. The van der Waals surface area contributed by atoms with Gasteiger partial charge in [0.1, 0.15) is 5.75 Å². The van der Waals surface area contributed by atoms with E-state index in [1.807, 2.05) is 24.3 Å². The summed E-state index contributed by atoms with van der Waals surface area (Å²) in [6, 6.07) is 28.7. The Bertz CT molecular complexity index is 1650. The summed E-state index contributed by atoms with van der Waals surface area (Å²) < 4.78 is 5.39. The maximum absolute atomic E-state index is 11.2. The first-order valence-corrected chi connectivity index (χ1v) is 17.0. The van der Waals surface area contributed by atoms with Crippen molar-refractivity contribution in [2.75, 3.05) is 7.11 Å². The third-order valence-electron chi connectivity index (χ3n) is 9.50. The number of unbranched alkanes of at least 4 members (excludes halogenated alkanes) is 6. The van der Waals surface area contributed by atoms with Gasteiger partial charge >= 0.3 is 0 Å². The van der Waals surface area contributed by atoms with Crippen LogP contribution in [0.5, 0.6) is 5.75 Å². The predicted octanol–water partition coefficient (Wildman–Crippen LogP) is 12.2. The van der Waals surface area contributed by atoms with Gasteiger partial charge in [-0.15, -0.1) is 0 Å². The lowest BCUT2D eigenvalue weighted by molar-refractivity contribution is -0.384. The van der Waals surface area contributed by atoms with Gasteiger partial charge < -0.3 is 4.74 Å². The van der Waals surface area contributed by atoms with Crippen LogP contribution in [0.25, 0.3) is 35.4 Å². The van der Waals surface area contributed by atoms with Crippen molar-refractivity contribution >= 4 is 30.0 Å². The first-order valence-electron chi connectivity index (χ1n) is 17.0. The van der Waals surface area contributed by atoms with Crippen LogP contribution in [-0.4, -0.2) is 12.0 Å². The van der Waals surface area contributed by atoms with Crippen LogP contribution in [0.15, 0.2) is 84.9 Å². The molecule has 4 aromatic carbocycles. The highest BCUT2D eigenvalue weighted by Crippen LogP contribution is 2.57. The second kappa shape index (κ2) is 15.7. The number of hydrogen-bond donors (Lipinski definition) is 0. The van der Waals surface area contributed by atoms with Gasteiger partial charge in [-0.05, 0) is 81.6 Å². The Morgan fingerprint density at radius 1 is 0.674 bits per heavy atom. The minimum absolute atomic E-state index is 0.0514. The van der Waals surface area contributed by atoms with Crippen LogP contribution in [0.1, 0.15) is 111 Å². The smallest absolute Gasteiger partial charge is 0.269 e. The van der Waals surface area contributed by atoms with Gasteiger partial charge in [-0.3, -0.25) is 10.1 Å². The van der Waals surface area contributed by atoms with E-state index in [0.29, 0.717) is 0 Å². The van der Waals surface area contributed by atoms with Crippen molar-refractivity contribution in [2.24, 2.45) is 0 Å². The van der Waals surface area contributed by atoms with E-state index in [-0.39, 0.29) is 16.0 Å². The van der Waals surface area contributed by atoms with E-state index in [1.165, 1.54) is 84.7 Å². The third kappa shape index (κ3) is 7.33. The fraction of sp³-hybridized carbons (Fsp3) is 0.333. The number of benzene rings is 4. The molecule has 0 N–H and O–H groups in total. The number of methoxy groups -OCH3 is 1. The minimum Gasteiger partial charge on any atom is -0.497 e. The van der Waals surface area contributed by atoms with Crippen molar-refractivity contribution in [3.8, 4) is 16.9 Å². The molecule has 238 valence electrons. The second-order valence-electron chi connectivity index (χ2n) is 12.5. The summed E-state index contributed by atoms with van der Waals surface area (Å²) in [6.07, 6.45) is 21.0. The lowest BCUT2D eigenvalue weighted by atomic mass is 9.69. The monoisotopic (exact) mass is 613 g/mol. The molecular formula is C42H47NO3. The Hall–Kier alpha value is -4.44. The zero-order valence-corrected chi connectivity index (χ0v) is 27.6. The fourth-order valence-corrected chi connectivity index (χ4v) is 7.12. The van der Waals surface area contributed by atoms with Crippen LogP contribution in [0.3, 0.4) is 0 Å². The summed E-state index contributed by atoms with van der Waals surface area (Å²) in [5, 5.41) is 11.2. The second-order valence-corrected chi connectivity index (χ2v) is 12.5. The molecule has 0 bridgehead atoms. The molecule has 0 amide bonds. The molecule has 0 aliphatic heterocycles. The van der Waals surface area contributed by atoms with Gasteiger partial charge in [0, 0.05) is 17.5 Å². The van der Waals surface area contributed by atoms with E-state index >= 15 is 0 Å². The zero-order valence-electron chi connectivity index (χ0n) is 27.6. The molecule has 1 aliphatic carbocycles. The fourth-order valence-electron chi connectivity index (χ4n) is 7.12. The normalized spacial score (nSPS) is 13.3. The van der Waals surface area contributed by atoms with Crippen molar-refractivity contribution in [3.63, 3.8) is 0 Å². The van der Waals surface area contributed by atoms with Gasteiger partial charge in [0.25, 0.3) is 5.69 Å². The summed E-state index contributed by atoms with van der Waals surface area (Å²) in [6.45, 7) is 4.57. The van der Waals surface area contributed by atoms with Crippen LogP contribution in [0, 0.1) is 10.1 Å². The van der Waals surface area contributed by atoms with Crippen LogP contribution in [-0.2, 0) is 5.41 Å². The van der Waals surface area contributed by atoms with Crippen molar-refractivity contribution < 1.29 is 9.66 Å². The SMILES string of the molecule is CCCCCCC1(CCCCCC)c2ccccc2-c2c(/C=C/c3ccc([N+](=O)[O-])cc3)ccc(/C=C/c3ccc(OC)cc3)c21. The average Bonchev–Trinajstić information content (AvgIpc) is 3.38. The summed E-state index contributed by atoms with van der Waals surface area (Å²) in [5.41, 5.74) is 10.2. The Morgan fingerprint density at radius 2 is 1.24 bits per heavy atom. The van der Waals surface area contributed by atoms with E-state index in [9.17, 15) is 10.1 Å². The molecule has 1 aliphatic rings. The maximum atomic E-state index is 11.2. The molecular weight excluding hydrogens is 566 g/mol. The molecule has 4 nitrogen and oxygen atoms in total. The lowest BCUT2D eigenvalue weighted by Crippen LogP contribution is -2.26. The molecule has 0 spiro atoms. The molecule has 0 saturated heterocycles. The first kappa shape index (κ1) is 32.9. The largest absolute Gasteiger partial charge is 0.497 e. The molecule has 0 radical (unpaired) electrons. The molecule has 4 heteroatoms.